The number of hydrogen-bond donors (Lipinski definition) is 1. The Morgan fingerprint density at radius 1 is 1.07 bits per heavy atom. The first-order valence-corrected chi connectivity index (χ1v) is 15.8. The molecule has 2 amide bonds. The Hall–Kier alpha value is -3.41. The van der Waals surface area contributed by atoms with Crippen LogP contribution in [0.3, 0.4) is 0 Å². The zero-order valence-electron chi connectivity index (χ0n) is 25.8. The van der Waals surface area contributed by atoms with Gasteiger partial charge in [-0.3, -0.25) is 14.6 Å². The van der Waals surface area contributed by atoms with E-state index in [4.69, 9.17) is 9.72 Å². The van der Waals surface area contributed by atoms with Crippen LogP contribution in [0, 0.1) is 11.8 Å². The Kier molecular flexibility index (Phi) is 9.97. The third-order valence-corrected chi connectivity index (χ3v) is 9.26. The fraction of sp³-hybridized carbons (Fsp3) is 0.625. The second kappa shape index (κ2) is 13.7. The second-order valence-electron chi connectivity index (χ2n) is 12.2. The molecular weight excluding hydrogens is 573 g/mol. The number of carbonyl (C=O) groups is 2. The van der Waals surface area contributed by atoms with E-state index >= 15 is 0 Å². The molecule has 2 atom stereocenters. The molecule has 0 spiro atoms. The molecule has 2 aliphatic heterocycles. The molecule has 1 N–H and O–H groups in total. The van der Waals surface area contributed by atoms with Gasteiger partial charge < -0.3 is 24.8 Å². The Morgan fingerprint density at radius 3 is 2.45 bits per heavy atom. The Morgan fingerprint density at radius 2 is 1.84 bits per heavy atom. The first-order valence-electron chi connectivity index (χ1n) is 15.8. The van der Waals surface area contributed by atoms with Gasteiger partial charge in [-0.05, 0) is 71.2 Å². The number of amides is 2. The molecule has 240 valence electrons. The summed E-state index contributed by atoms with van der Waals surface area (Å²) in [7, 11) is 2.03. The van der Waals surface area contributed by atoms with Gasteiger partial charge in [-0.15, -0.1) is 0 Å². The van der Waals surface area contributed by atoms with Crippen LogP contribution in [0.1, 0.15) is 62.9 Å². The van der Waals surface area contributed by atoms with Crippen LogP contribution in [-0.2, 0) is 4.79 Å². The molecule has 0 bridgehead atoms. The lowest BCUT2D eigenvalue weighted by atomic mass is 9.81. The number of pyridine rings is 2. The van der Waals surface area contributed by atoms with E-state index in [1.54, 1.807) is 17.3 Å². The van der Waals surface area contributed by atoms with Crippen molar-refractivity contribution in [3.8, 4) is 17.0 Å². The van der Waals surface area contributed by atoms with Crippen molar-refractivity contribution in [2.75, 3.05) is 51.3 Å². The molecule has 0 aromatic carbocycles. The Labute approximate surface area is 257 Å². The minimum Gasteiger partial charge on any atom is -0.492 e. The quantitative estimate of drug-likeness (QED) is 0.457. The first kappa shape index (κ1) is 32.0. The number of likely N-dealkylation sites (N-methyl/N-ethyl adjacent to an activating group) is 1. The summed E-state index contributed by atoms with van der Waals surface area (Å²) in [5.41, 5.74) is 2.22. The summed E-state index contributed by atoms with van der Waals surface area (Å²) in [6.45, 7) is 7.31. The number of piperazine rings is 1. The monoisotopic (exact) mass is 616 g/mol. The summed E-state index contributed by atoms with van der Waals surface area (Å²) >= 11 is 0. The van der Waals surface area contributed by atoms with Crippen LogP contribution >= 0.6 is 0 Å². The largest absolute Gasteiger partial charge is 0.492 e. The zero-order chi connectivity index (χ0) is 31.4. The topological polar surface area (TPSA) is 90.9 Å². The molecule has 0 unspecified atom stereocenters. The fourth-order valence-electron chi connectivity index (χ4n) is 6.80. The maximum absolute atomic E-state index is 13.9. The normalized spacial score (nSPS) is 24.8. The average Bonchev–Trinajstić information content (AvgIpc) is 3.44. The average molecular weight is 617 g/mol. The van der Waals surface area contributed by atoms with Crippen molar-refractivity contribution >= 4 is 17.5 Å². The maximum Gasteiger partial charge on any atom is 0.391 e. The third kappa shape index (κ3) is 7.11. The fourth-order valence-corrected chi connectivity index (χ4v) is 6.80. The number of halogens is 3. The molecular formula is C32H43F3N6O3. The van der Waals surface area contributed by atoms with Crippen LogP contribution in [0.25, 0.3) is 11.3 Å². The number of rotatable bonds is 8. The van der Waals surface area contributed by atoms with E-state index in [0.717, 1.165) is 25.1 Å². The number of alkyl halides is 3. The molecule has 2 aromatic rings. The molecule has 3 aliphatic rings. The molecule has 4 heterocycles. The van der Waals surface area contributed by atoms with Gasteiger partial charge in [0.25, 0.3) is 5.91 Å². The number of hydrogen-bond acceptors (Lipinski definition) is 7. The van der Waals surface area contributed by atoms with Crippen molar-refractivity contribution in [3.63, 3.8) is 0 Å². The van der Waals surface area contributed by atoms with Gasteiger partial charge in [0, 0.05) is 68.2 Å². The predicted molar refractivity (Wildman–Crippen MR) is 162 cm³/mol. The molecule has 5 rings (SSSR count). The van der Waals surface area contributed by atoms with Crippen LogP contribution in [-0.4, -0.2) is 96.2 Å². The van der Waals surface area contributed by atoms with E-state index in [1.807, 2.05) is 39.1 Å². The van der Waals surface area contributed by atoms with Crippen LogP contribution in [0.15, 0.2) is 30.6 Å². The Bertz CT molecular complexity index is 1300. The van der Waals surface area contributed by atoms with Gasteiger partial charge in [0.2, 0.25) is 5.91 Å². The van der Waals surface area contributed by atoms with E-state index in [1.165, 1.54) is 0 Å². The second-order valence-corrected chi connectivity index (χ2v) is 12.2. The van der Waals surface area contributed by atoms with Gasteiger partial charge in [0.1, 0.15) is 11.4 Å². The summed E-state index contributed by atoms with van der Waals surface area (Å²) in [5.74, 6) is -1.48. The Balaban J connectivity index is 1.41. The molecule has 2 saturated heterocycles. The number of likely N-dealkylation sites (tertiary alicyclic amines) is 1. The van der Waals surface area contributed by atoms with Gasteiger partial charge >= 0.3 is 6.18 Å². The highest BCUT2D eigenvalue weighted by Crippen LogP contribution is 2.41. The zero-order valence-corrected chi connectivity index (χ0v) is 25.8. The van der Waals surface area contributed by atoms with E-state index < -0.39 is 12.1 Å². The van der Waals surface area contributed by atoms with Crippen LogP contribution in [0.2, 0.25) is 0 Å². The van der Waals surface area contributed by atoms with Crippen molar-refractivity contribution < 1.29 is 27.5 Å². The molecule has 1 saturated carbocycles. The number of anilines is 1. The first-order chi connectivity index (χ1) is 21.1. The van der Waals surface area contributed by atoms with Crippen molar-refractivity contribution in [2.45, 2.75) is 70.6 Å². The number of aromatic nitrogens is 2. The van der Waals surface area contributed by atoms with Gasteiger partial charge in [-0.1, -0.05) is 6.92 Å². The van der Waals surface area contributed by atoms with E-state index in [0.29, 0.717) is 55.5 Å². The van der Waals surface area contributed by atoms with Gasteiger partial charge in [-0.25, -0.2) is 4.98 Å². The third-order valence-electron chi connectivity index (χ3n) is 9.26. The highest BCUT2D eigenvalue weighted by molar-refractivity contribution is 5.99. The summed E-state index contributed by atoms with van der Waals surface area (Å²) in [4.78, 5) is 42.6. The summed E-state index contributed by atoms with van der Waals surface area (Å²) < 4.78 is 45.6. The summed E-state index contributed by atoms with van der Waals surface area (Å²) in [6.07, 6.45) is 1.25. The smallest absolute Gasteiger partial charge is 0.391 e. The molecule has 12 heteroatoms. The molecule has 44 heavy (non-hydrogen) atoms. The van der Waals surface area contributed by atoms with Crippen LogP contribution in [0.5, 0.6) is 5.75 Å². The van der Waals surface area contributed by atoms with Crippen molar-refractivity contribution in [3.05, 3.63) is 36.3 Å². The van der Waals surface area contributed by atoms with E-state index in [9.17, 15) is 22.8 Å². The van der Waals surface area contributed by atoms with Crippen molar-refractivity contribution in [1.29, 1.82) is 0 Å². The van der Waals surface area contributed by atoms with Crippen LogP contribution in [0.4, 0.5) is 18.9 Å². The standard InChI is InChI=1S/C32H43F3N6O3/c1-4-25-20-40(31(43)21-8-10-23(11-9-21)32(33,34)35)15-16-41(25)26-17-27(44-5-2)28(22-7-6-13-36-18-22)38-29(26)30(42)37-24-12-14-39(3)19-24/h6-7,13,17-18,21,23-25H,4-5,8-12,14-16,19-20H2,1-3H3,(H,37,42)/t21-,23+,24-,25-/m1/s1. The highest BCUT2D eigenvalue weighted by Gasteiger charge is 2.43. The SMILES string of the molecule is CCOc1cc(N2CCN(C(=O)[C@H]3CC[C@@H](C(F)(F)F)CC3)C[C@H]2CC)c(C(=O)N[C@@H]2CCN(C)C2)nc1-c1cccnc1. The van der Waals surface area contributed by atoms with Crippen LogP contribution < -0.4 is 15.0 Å². The summed E-state index contributed by atoms with van der Waals surface area (Å²) in [6, 6.07) is 5.48. The van der Waals surface area contributed by atoms with Gasteiger partial charge in [0.05, 0.1) is 18.2 Å². The lowest BCUT2D eigenvalue weighted by Crippen LogP contribution is -2.56. The number of nitrogens with one attached hydrogen (secondary N) is 1. The minimum absolute atomic E-state index is 0.00148. The van der Waals surface area contributed by atoms with Gasteiger partial charge in [0.15, 0.2) is 5.69 Å². The summed E-state index contributed by atoms with van der Waals surface area (Å²) in [5, 5.41) is 3.18. The minimum atomic E-state index is -4.20. The molecule has 9 nitrogen and oxygen atoms in total. The van der Waals surface area contributed by atoms with Gasteiger partial charge in [-0.2, -0.15) is 13.2 Å². The molecule has 2 aromatic heterocycles. The number of ether oxygens (including phenoxy) is 1. The van der Waals surface area contributed by atoms with E-state index in [-0.39, 0.29) is 55.5 Å². The van der Waals surface area contributed by atoms with Crippen molar-refractivity contribution in [2.24, 2.45) is 11.8 Å². The molecule has 3 fully saturated rings. The lowest BCUT2D eigenvalue weighted by Gasteiger charge is -2.44. The lowest BCUT2D eigenvalue weighted by molar-refractivity contribution is -0.185. The number of nitrogens with zero attached hydrogens (tertiary/aromatic N) is 5. The predicted octanol–water partition coefficient (Wildman–Crippen LogP) is 4.77. The molecule has 1 aliphatic carbocycles. The maximum atomic E-state index is 13.9. The highest BCUT2D eigenvalue weighted by atomic mass is 19.4. The molecule has 0 radical (unpaired) electrons. The van der Waals surface area contributed by atoms with Crippen molar-refractivity contribution in [1.82, 2.24) is 25.1 Å². The number of carbonyl (C=O) groups excluding carboxylic acids is 2. The van der Waals surface area contributed by atoms with E-state index in [2.05, 4.69) is 20.1 Å².